The molecule has 0 spiro atoms. The number of hydrogen-bond acceptors (Lipinski definition) is 4. The summed E-state index contributed by atoms with van der Waals surface area (Å²) >= 11 is 0. The van der Waals surface area contributed by atoms with Gasteiger partial charge in [0.05, 0.1) is 6.10 Å². The summed E-state index contributed by atoms with van der Waals surface area (Å²) in [5, 5.41) is 0.975. The zero-order valence-electron chi connectivity index (χ0n) is 17.8. The zero-order chi connectivity index (χ0) is 21.0. The summed E-state index contributed by atoms with van der Waals surface area (Å²) in [5.74, 6) is 2.52. The van der Waals surface area contributed by atoms with Crippen molar-refractivity contribution in [1.82, 2.24) is 4.98 Å². The maximum Gasteiger partial charge on any atom is 0.223 e. The van der Waals surface area contributed by atoms with Gasteiger partial charge in [-0.25, -0.2) is 4.98 Å². The van der Waals surface area contributed by atoms with Crippen LogP contribution in [-0.4, -0.2) is 22.8 Å². The Kier molecular flexibility index (Phi) is 4.60. The van der Waals surface area contributed by atoms with E-state index >= 15 is 0 Å². The van der Waals surface area contributed by atoms with Gasteiger partial charge < -0.3 is 10.5 Å². The monoisotopic (exact) mass is 406 g/mol. The normalized spacial score (nSPS) is 32.0. The molecule has 1 aromatic heterocycles. The van der Waals surface area contributed by atoms with E-state index in [2.05, 4.69) is 0 Å². The van der Waals surface area contributed by atoms with Crippen LogP contribution in [-0.2, 0) is 4.79 Å². The Labute approximate surface area is 177 Å². The molecule has 4 aliphatic carbocycles. The average Bonchev–Trinajstić information content (AvgIpc) is 2.69. The van der Waals surface area contributed by atoms with E-state index in [1.54, 1.807) is 0 Å². The smallest absolute Gasteiger partial charge is 0.223 e. The standard InChI is InChI=1S/C25H30N2O3/c1-14(2)30-22-5-3-4-16-6-7-20(27-23(16)22)21(28)10-19-17-8-15-9-18(19)13-25(11-15,12-17)24(26)29/h3-7,14-15,17-19H,8-13H2,1-2H3,(H2,26,29). The first kappa shape index (κ1) is 19.5. The van der Waals surface area contributed by atoms with Crippen LogP contribution in [0.4, 0.5) is 0 Å². The van der Waals surface area contributed by atoms with Crippen LogP contribution in [0.15, 0.2) is 30.3 Å². The Balaban J connectivity index is 1.38. The first-order chi connectivity index (χ1) is 14.3. The topological polar surface area (TPSA) is 82.3 Å². The minimum absolute atomic E-state index is 0.0439. The fraction of sp³-hybridized carbons (Fsp3) is 0.560. The summed E-state index contributed by atoms with van der Waals surface area (Å²) in [6.45, 7) is 3.97. The molecule has 0 aliphatic heterocycles. The van der Waals surface area contributed by atoms with Crippen LogP contribution in [0, 0.1) is 29.1 Å². The van der Waals surface area contributed by atoms with Crippen molar-refractivity contribution in [2.24, 2.45) is 34.8 Å². The number of hydrogen-bond donors (Lipinski definition) is 1. The average molecular weight is 407 g/mol. The van der Waals surface area contributed by atoms with Gasteiger partial charge in [-0.1, -0.05) is 18.2 Å². The van der Waals surface area contributed by atoms with Crippen LogP contribution in [0.5, 0.6) is 5.75 Å². The summed E-state index contributed by atoms with van der Waals surface area (Å²) in [4.78, 5) is 30.1. The van der Waals surface area contributed by atoms with Crippen molar-refractivity contribution >= 4 is 22.6 Å². The number of para-hydroxylation sites is 1. The van der Waals surface area contributed by atoms with Crippen LogP contribution < -0.4 is 10.5 Å². The van der Waals surface area contributed by atoms with Crippen molar-refractivity contribution in [2.75, 3.05) is 0 Å². The summed E-state index contributed by atoms with van der Waals surface area (Å²) in [7, 11) is 0. The van der Waals surface area contributed by atoms with E-state index in [1.165, 1.54) is 0 Å². The lowest BCUT2D eigenvalue weighted by Gasteiger charge is -2.58. The molecular formula is C25H30N2O3. The largest absolute Gasteiger partial charge is 0.489 e. The molecule has 4 saturated carbocycles. The molecule has 158 valence electrons. The van der Waals surface area contributed by atoms with Crippen LogP contribution in [0.25, 0.3) is 10.9 Å². The SMILES string of the molecule is CC(C)Oc1cccc2ccc(C(=O)CC3C4CC5CC3CC(C(N)=O)(C5)C4)nc12. The summed E-state index contributed by atoms with van der Waals surface area (Å²) in [6.07, 6.45) is 5.53. The molecule has 4 aliphatic rings. The maximum absolute atomic E-state index is 13.2. The lowest BCUT2D eigenvalue weighted by Crippen LogP contribution is -2.56. The highest BCUT2D eigenvalue weighted by atomic mass is 16.5. The quantitative estimate of drug-likeness (QED) is 0.715. The number of primary amides is 1. The molecule has 6 rings (SSSR count). The van der Waals surface area contributed by atoms with Gasteiger partial charge in [-0.05, 0) is 81.8 Å². The lowest BCUT2D eigenvalue weighted by molar-refractivity contribution is -0.149. The van der Waals surface area contributed by atoms with E-state index < -0.39 is 0 Å². The molecule has 1 heterocycles. The predicted octanol–water partition coefficient (Wildman–Crippen LogP) is 4.52. The molecule has 0 saturated heterocycles. The minimum atomic E-state index is -0.305. The second kappa shape index (κ2) is 7.07. The van der Waals surface area contributed by atoms with Crippen LogP contribution in [0.2, 0.25) is 0 Å². The van der Waals surface area contributed by atoms with Crippen molar-refractivity contribution in [3.63, 3.8) is 0 Å². The van der Waals surface area contributed by atoms with Gasteiger partial charge in [-0.3, -0.25) is 9.59 Å². The van der Waals surface area contributed by atoms with E-state index in [4.69, 9.17) is 15.5 Å². The van der Waals surface area contributed by atoms with E-state index in [0.717, 1.165) is 48.8 Å². The van der Waals surface area contributed by atoms with E-state index in [-0.39, 0.29) is 23.2 Å². The van der Waals surface area contributed by atoms with E-state index in [1.807, 2.05) is 44.2 Å². The molecule has 5 nitrogen and oxygen atoms in total. The van der Waals surface area contributed by atoms with Gasteiger partial charge in [0.2, 0.25) is 5.91 Å². The number of amides is 1. The fourth-order valence-electron chi connectivity index (χ4n) is 6.71. The molecule has 30 heavy (non-hydrogen) atoms. The highest BCUT2D eigenvalue weighted by Gasteiger charge is 2.57. The third-order valence-corrected chi connectivity index (χ3v) is 7.74. The lowest BCUT2D eigenvalue weighted by atomic mass is 9.45. The molecule has 2 aromatic rings. The Morgan fingerprint density at radius 2 is 1.87 bits per heavy atom. The number of carbonyl (C=O) groups is 2. The maximum atomic E-state index is 13.2. The van der Waals surface area contributed by atoms with Gasteiger partial charge in [0.1, 0.15) is 17.0 Å². The third-order valence-electron chi connectivity index (χ3n) is 7.74. The number of nitrogens with two attached hydrogens (primary N) is 1. The summed E-state index contributed by atoms with van der Waals surface area (Å²) in [6, 6.07) is 9.65. The summed E-state index contributed by atoms with van der Waals surface area (Å²) in [5.41, 5.74) is 6.76. The Hall–Kier alpha value is -2.43. The molecule has 1 amide bonds. The number of pyridine rings is 1. The van der Waals surface area contributed by atoms with E-state index in [0.29, 0.717) is 35.8 Å². The number of benzene rings is 1. The Morgan fingerprint density at radius 3 is 2.53 bits per heavy atom. The van der Waals surface area contributed by atoms with Crippen LogP contribution in [0.1, 0.15) is 62.9 Å². The molecule has 4 bridgehead atoms. The summed E-state index contributed by atoms with van der Waals surface area (Å²) < 4.78 is 5.91. The van der Waals surface area contributed by atoms with Crippen LogP contribution in [0.3, 0.4) is 0 Å². The second-order valence-corrected chi connectivity index (χ2v) is 10.1. The molecule has 4 fully saturated rings. The number of fused-ring (bicyclic) bond motifs is 1. The Bertz CT molecular complexity index is 999. The third kappa shape index (κ3) is 3.19. The highest BCUT2D eigenvalue weighted by Crippen LogP contribution is 2.62. The van der Waals surface area contributed by atoms with Crippen molar-refractivity contribution < 1.29 is 14.3 Å². The molecular weight excluding hydrogens is 376 g/mol. The van der Waals surface area contributed by atoms with E-state index in [9.17, 15) is 9.59 Å². The van der Waals surface area contributed by atoms with Gasteiger partial charge in [-0.2, -0.15) is 0 Å². The van der Waals surface area contributed by atoms with Gasteiger partial charge in [-0.15, -0.1) is 0 Å². The predicted molar refractivity (Wildman–Crippen MR) is 115 cm³/mol. The molecule has 1 aromatic carbocycles. The number of carbonyl (C=O) groups excluding carboxylic acids is 2. The Morgan fingerprint density at radius 1 is 1.13 bits per heavy atom. The number of aromatic nitrogens is 1. The van der Waals surface area contributed by atoms with Gasteiger partial charge in [0.25, 0.3) is 0 Å². The highest BCUT2D eigenvalue weighted by molar-refractivity contribution is 5.97. The minimum Gasteiger partial charge on any atom is -0.489 e. The van der Waals surface area contributed by atoms with Crippen molar-refractivity contribution in [1.29, 1.82) is 0 Å². The fourth-order valence-corrected chi connectivity index (χ4v) is 6.71. The molecule has 0 radical (unpaired) electrons. The first-order valence-corrected chi connectivity index (χ1v) is 11.2. The van der Waals surface area contributed by atoms with Gasteiger partial charge in [0, 0.05) is 17.2 Å². The number of ketones is 1. The molecule has 5 heteroatoms. The number of ether oxygens (including phenoxy) is 1. The van der Waals surface area contributed by atoms with Crippen molar-refractivity contribution in [3.8, 4) is 5.75 Å². The molecule has 2 unspecified atom stereocenters. The number of rotatable bonds is 6. The van der Waals surface area contributed by atoms with Crippen LogP contribution >= 0.6 is 0 Å². The zero-order valence-corrected chi connectivity index (χ0v) is 17.8. The van der Waals surface area contributed by atoms with Crippen molar-refractivity contribution in [2.45, 2.75) is 58.5 Å². The second-order valence-electron chi connectivity index (χ2n) is 10.1. The molecule has 2 N–H and O–H groups in total. The van der Waals surface area contributed by atoms with Crippen molar-refractivity contribution in [3.05, 3.63) is 36.0 Å². The number of Topliss-reactive ketones (excluding diaryl/α,β-unsaturated/α-hetero) is 1. The van der Waals surface area contributed by atoms with Gasteiger partial charge >= 0.3 is 0 Å². The number of nitrogens with zero attached hydrogens (tertiary/aromatic N) is 1. The van der Waals surface area contributed by atoms with Gasteiger partial charge in [0.15, 0.2) is 5.78 Å². The first-order valence-electron chi connectivity index (χ1n) is 11.2. The molecule has 2 atom stereocenters.